The summed E-state index contributed by atoms with van der Waals surface area (Å²) in [5.41, 5.74) is 2.52. The number of benzene rings is 1. The zero-order valence-electron chi connectivity index (χ0n) is 14.7. The first-order valence-electron chi connectivity index (χ1n) is 9.29. The molecule has 1 atom stereocenters. The topological polar surface area (TPSA) is 50.4 Å². The number of nitrogens with one attached hydrogen (secondary N) is 1. The first-order valence-corrected chi connectivity index (χ1v) is 9.29. The van der Waals surface area contributed by atoms with E-state index in [2.05, 4.69) is 39.1 Å². The highest BCUT2D eigenvalue weighted by atomic mass is 16.5. The summed E-state index contributed by atoms with van der Waals surface area (Å²) in [5.74, 6) is 0.713. The first-order chi connectivity index (χ1) is 12.8. The quantitative estimate of drug-likeness (QED) is 0.785. The van der Waals surface area contributed by atoms with Crippen molar-refractivity contribution in [2.24, 2.45) is 0 Å². The van der Waals surface area contributed by atoms with Crippen molar-refractivity contribution < 1.29 is 9.47 Å². The molecule has 2 saturated heterocycles. The summed E-state index contributed by atoms with van der Waals surface area (Å²) in [6.07, 6.45) is 5.84. The number of rotatable bonds is 4. The second-order valence-electron chi connectivity index (χ2n) is 7.43. The van der Waals surface area contributed by atoms with Crippen molar-refractivity contribution in [1.82, 2.24) is 14.9 Å². The minimum atomic E-state index is -0.0518. The van der Waals surface area contributed by atoms with Crippen molar-refractivity contribution in [3.63, 3.8) is 0 Å². The van der Waals surface area contributed by atoms with Crippen LogP contribution in [0.15, 0.2) is 54.9 Å². The minimum Gasteiger partial charge on any atom is -0.474 e. The van der Waals surface area contributed by atoms with E-state index in [0.717, 1.165) is 39.1 Å². The van der Waals surface area contributed by atoms with Crippen LogP contribution < -0.4 is 4.74 Å². The van der Waals surface area contributed by atoms with Gasteiger partial charge < -0.3 is 14.5 Å². The van der Waals surface area contributed by atoms with Gasteiger partial charge in [-0.15, -0.1) is 0 Å². The summed E-state index contributed by atoms with van der Waals surface area (Å²) in [5, 5.41) is 1.31. The Labute approximate surface area is 152 Å². The van der Waals surface area contributed by atoms with Gasteiger partial charge in [-0.25, -0.2) is 4.98 Å². The zero-order valence-corrected chi connectivity index (χ0v) is 14.7. The fourth-order valence-electron chi connectivity index (χ4n) is 4.30. The molecule has 3 aromatic rings. The van der Waals surface area contributed by atoms with Crippen molar-refractivity contribution in [1.29, 1.82) is 0 Å². The summed E-state index contributed by atoms with van der Waals surface area (Å²) in [7, 11) is 0. The molecule has 26 heavy (non-hydrogen) atoms. The third-order valence-corrected chi connectivity index (χ3v) is 5.48. The van der Waals surface area contributed by atoms with Gasteiger partial charge in [0.25, 0.3) is 0 Å². The predicted octanol–water partition coefficient (Wildman–Crippen LogP) is 3.38. The first kappa shape index (κ1) is 15.9. The summed E-state index contributed by atoms with van der Waals surface area (Å²) in [4.78, 5) is 10.0. The van der Waals surface area contributed by atoms with E-state index >= 15 is 0 Å². The van der Waals surface area contributed by atoms with Gasteiger partial charge in [-0.05, 0) is 23.8 Å². The van der Waals surface area contributed by atoms with E-state index in [1.165, 1.54) is 16.5 Å². The second-order valence-corrected chi connectivity index (χ2v) is 7.43. The maximum absolute atomic E-state index is 6.16. The van der Waals surface area contributed by atoms with Crippen LogP contribution in [-0.2, 0) is 11.3 Å². The molecule has 0 aliphatic carbocycles. The van der Waals surface area contributed by atoms with Crippen LogP contribution in [0, 0.1) is 0 Å². The number of aromatic amines is 1. The van der Waals surface area contributed by atoms with Crippen molar-refractivity contribution in [3.8, 4) is 5.88 Å². The highest BCUT2D eigenvalue weighted by molar-refractivity contribution is 5.82. The van der Waals surface area contributed by atoms with Crippen LogP contribution in [0.25, 0.3) is 10.9 Å². The predicted molar refractivity (Wildman–Crippen MR) is 100 cm³/mol. The number of nitrogens with zero attached hydrogens (tertiary/aromatic N) is 2. The molecule has 4 heterocycles. The molecule has 0 radical (unpaired) electrons. The summed E-state index contributed by atoms with van der Waals surface area (Å²) >= 11 is 0. The Hall–Kier alpha value is -2.37. The molecule has 5 rings (SSSR count). The van der Waals surface area contributed by atoms with E-state index in [4.69, 9.17) is 9.47 Å². The third-order valence-electron chi connectivity index (χ3n) is 5.48. The maximum Gasteiger partial charge on any atom is 0.213 e. The molecule has 2 fully saturated rings. The van der Waals surface area contributed by atoms with Gasteiger partial charge in [0.15, 0.2) is 0 Å². The molecule has 0 unspecified atom stereocenters. The number of H-pyrrole nitrogens is 1. The SMILES string of the molecule is c1ccc(O[C@@H]2CCOC3(C2)CN(Cc2cccc4[nH]ccc24)C3)nc1. The molecule has 1 aromatic carbocycles. The van der Waals surface area contributed by atoms with E-state index < -0.39 is 0 Å². The van der Waals surface area contributed by atoms with Crippen LogP contribution in [0.3, 0.4) is 0 Å². The lowest BCUT2D eigenvalue weighted by Crippen LogP contribution is -2.65. The number of fused-ring (bicyclic) bond motifs is 1. The molecule has 0 bridgehead atoms. The number of aromatic nitrogens is 2. The van der Waals surface area contributed by atoms with Crippen LogP contribution in [0.2, 0.25) is 0 Å². The molecule has 0 saturated carbocycles. The molecule has 2 aliphatic heterocycles. The van der Waals surface area contributed by atoms with Crippen molar-refractivity contribution >= 4 is 10.9 Å². The fraction of sp³-hybridized carbons (Fsp3) is 0.381. The largest absolute Gasteiger partial charge is 0.474 e. The molecule has 1 spiro atoms. The number of ether oxygens (including phenoxy) is 2. The number of hydrogen-bond acceptors (Lipinski definition) is 4. The van der Waals surface area contributed by atoms with Crippen LogP contribution in [-0.4, -0.2) is 46.3 Å². The minimum absolute atomic E-state index is 0.0518. The van der Waals surface area contributed by atoms with E-state index in [-0.39, 0.29) is 11.7 Å². The van der Waals surface area contributed by atoms with E-state index in [9.17, 15) is 0 Å². The lowest BCUT2D eigenvalue weighted by atomic mass is 9.84. The Balaban J connectivity index is 1.22. The van der Waals surface area contributed by atoms with Gasteiger partial charge in [-0.3, -0.25) is 4.90 Å². The smallest absolute Gasteiger partial charge is 0.213 e. The Morgan fingerprint density at radius 3 is 3.04 bits per heavy atom. The summed E-state index contributed by atoms with van der Waals surface area (Å²) in [6, 6.07) is 14.4. The van der Waals surface area contributed by atoms with Gasteiger partial charge in [-0.2, -0.15) is 0 Å². The average molecular weight is 349 g/mol. The molecule has 134 valence electrons. The van der Waals surface area contributed by atoms with Crippen LogP contribution in [0.4, 0.5) is 0 Å². The van der Waals surface area contributed by atoms with Gasteiger partial charge in [-0.1, -0.05) is 18.2 Å². The van der Waals surface area contributed by atoms with Gasteiger partial charge >= 0.3 is 0 Å². The Bertz CT molecular complexity index is 886. The van der Waals surface area contributed by atoms with Crippen molar-refractivity contribution in [3.05, 3.63) is 60.4 Å². The average Bonchev–Trinajstić information content (AvgIpc) is 3.11. The Morgan fingerprint density at radius 2 is 2.15 bits per heavy atom. The van der Waals surface area contributed by atoms with Gasteiger partial charge in [0.1, 0.15) is 6.10 Å². The van der Waals surface area contributed by atoms with E-state index in [0.29, 0.717) is 5.88 Å². The van der Waals surface area contributed by atoms with Crippen LogP contribution in [0.5, 0.6) is 5.88 Å². The number of hydrogen-bond donors (Lipinski definition) is 1. The highest BCUT2D eigenvalue weighted by Gasteiger charge is 2.48. The third kappa shape index (κ3) is 2.97. The molecule has 5 heteroatoms. The lowest BCUT2D eigenvalue weighted by molar-refractivity contribution is -0.188. The molecule has 2 aliphatic rings. The Morgan fingerprint density at radius 1 is 1.19 bits per heavy atom. The Kier molecular flexibility index (Phi) is 3.91. The van der Waals surface area contributed by atoms with Gasteiger partial charge in [0.2, 0.25) is 5.88 Å². The van der Waals surface area contributed by atoms with Gasteiger partial charge in [0.05, 0.1) is 12.2 Å². The molecular formula is C21H23N3O2. The van der Waals surface area contributed by atoms with E-state index in [1.54, 1.807) is 6.20 Å². The maximum atomic E-state index is 6.16. The second kappa shape index (κ2) is 6.41. The molecular weight excluding hydrogens is 326 g/mol. The molecule has 5 nitrogen and oxygen atoms in total. The van der Waals surface area contributed by atoms with Crippen molar-refractivity contribution in [2.45, 2.75) is 31.1 Å². The normalized spacial score (nSPS) is 22.4. The monoisotopic (exact) mass is 349 g/mol. The summed E-state index contributed by atoms with van der Waals surface area (Å²) in [6.45, 7) is 3.66. The standard InChI is InChI=1S/C21H23N3O2/c1-2-9-23-20(6-1)26-17-8-11-25-21(12-17)14-24(15-21)13-16-4-3-5-19-18(16)7-10-22-19/h1-7,9-10,17,22H,8,11-15H2/t17-/m1/s1. The molecule has 1 N–H and O–H groups in total. The number of likely N-dealkylation sites (tertiary alicyclic amines) is 1. The molecule has 2 aromatic heterocycles. The lowest BCUT2D eigenvalue weighted by Gasteiger charge is -2.53. The fourth-order valence-corrected chi connectivity index (χ4v) is 4.30. The van der Waals surface area contributed by atoms with Crippen molar-refractivity contribution in [2.75, 3.05) is 19.7 Å². The zero-order chi connectivity index (χ0) is 17.4. The number of pyridine rings is 1. The molecule has 0 amide bonds. The van der Waals surface area contributed by atoms with Crippen LogP contribution >= 0.6 is 0 Å². The highest BCUT2D eigenvalue weighted by Crippen LogP contribution is 2.36. The van der Waals surface area contributed by atoms with Gasteiger partial charge in [0, 0.05) is 61.8 Å². The summed E-state index contributed by atoms with van der Waals surface area (Å²) < 4.78 is 12.2. The van der Waals surface area contributed by atoms with E-state index in [1.807, 2.05) is 24.4 Å². The van der Waals surface area contributed by atoms with Crippen LogP contribution in [0.1, 0.15) is 18.4 Å².